The molecule has 1 aliphatic heterocycles. The molecule has 0 saturated carbocycles. The van der Waals surface area contributed by atoms with Gasteiger partial charge in [-0.1, -0.05) is 38.1 Å². The van der Waals surface area contributed by atoms with Crippen LogP contribution >= 0.6 is 11.8 Å². The molecule has 2 atom stereocenters. The fourth-order valence-corrected chi connectivity index (χ4v) is 3.19. The Labute approximate surface area is 111 Å². The van der Waals surface area contributed by atoms with Crippen molar-refractivity contribution in [1.29, 1.82) is 0 Å². The molecule has 0 aromatic heterocycles. The van der Waals surface area contributed by atoms with Crippen LogP contribution in [0.2, 0.25) is 0 Å². The normalized spacial score (nSPS) is 29.7. The quantitative estimate of drug-likeness (QED) is 0.803. The first-order valence-corrected chi connectivity index (χ1v) is 6.91. The molecule has 1 heterocycles. The minimum Gasteiger partial charge on any atom is -0.508 e. The van der Waals surface area contributed by atoms with E-state index < -0.39 is 4.93 Å². The number of phenols is 1. The molecule has 2 unspecified atom stereocenters. The van der Waals surface area contributed by atoms with E-state index in [4.69, 9.17) is 0 Å². The van der Waals surface area contributed by atoms with Crippen molar-refractivity contribution < 1.29 is 10.2 Å². The summed E-state index contributed by atoms with van der Waals surface area (Å²) in [6.07, 6.45) is 6.06. The highest BCUT2D eigenvalue weighted by atomic mass is 32.2. The monoisotopic (exact) mass is 260 g/mol. The van der Waals surface area contributed by atoms with Crippen LogP contribution in [0.3, 0.4) is 0 Å². The number of aromatic hydroxyl groups is 1. The van der Waals surface area contributed by atoms with Crippen molar-refractivity contribution >= 4 is 11.8 Å². The van der Waals surface area contributed by atoms with Crippen LogP contribution in [0, 0.1) is 0 Å². The van der Waals surface area contributed by atoms with Crippen molar-refractivity contribution in [2.75, 3.05) is 0 Å². The van der Waals surface area contributed by atoms with Crippen LogP contribution in [0.15, 0.2) is 48.1 Å². The highest BCUT2D eigenvalue weighted by Crippen LogP contribution is 2.56. The van der Waals surface area contributed by atoms with Crippen molar-refractivity contribution in [2.24, 2.45) is 0 Å². The second-order valence-corrected chi connectivity index (χ2v) is 6.82. The van der Waals surface area contributed by atoms with Gasteiger partial charge in [0, 0.05) is 5.41 Å². The molecule has 18 heavy (non-hydrogen) atoms. The lowest BCUT2D eigenvalue weighted by Crippen LogP contribution is -2.23. The van der Waals surface area contributed by atoms with Crippen LogP contribution in [-0.4, -0.2) is 20.4 Å². The SMILES string of the molecule is CC(C)(C1=CC2SC2(O)C=C1)c1ccc(O)cc1. The van der Waals surface area contributed by atoms with Crippen molar-refractivity contribution in [1.82, 2.24) is 0 Å². The van der Waals surface area contributed by atoms with Crippen LogP contribution in [0.5, 0.6) is 5.75 Å². The summed E-state index contributed by atoms with van der Waals surface area (Å²) in [5, 5.41) is 19.5. The topological polar surface area (TPSA) is 40.5 Å². The highest BCUT2D eigenvalue weighted by Gasteiger charge is 2.53. The molecule has 1 fully saturated rings. The van der Waals surface area contributed by atoms with E-state index in [9.17, 15) is 10.2 Å². The molecule has 3 rings (SSSR count). The number of phenolic OH excluding ortho intramolecular Hbond substituents is 1. The van der Waals surface area contributed by atoms with Gasteiger partial charge in [-0.2, -0.15) is 0 Å². The molecule has 0 bridgehead atoms. The third-order valence-corrected chi connectivity index (χ3v) is 5.07. The Balaban J connectivity index is 1.94. The van der Waals surface area contributed by atoms with E-state index in [1.54, 1.807) is 23.9 Å². The zero-order chi connectivity index (χ0) is 13.0. The first-order chi connectivity index (χ1) is 8.42. The number of aliphatic hydroxyl groups is 1. The minimum atomic E-state index is -0.644. The molecule has 3 heteroatoms. The number of fused-ring (bicyclic) bond motifs is 1. The smallest absolute Gasteiger partial charge is 0.145 e. The first kappa shape index (κ1) is 11.9. The minimum absolute atomic E-state index is 0.116. The molecule has 1 saturated heterocycles. The fraction of sp³-hybridized carbons (Fsp3) is 0.333. The number of allylic oxidation sites excluding steroid dienone is 2. The third-order valence-electron chi connectivity index (χ3n) is 3.81. The van der Waals surface area contributed by atoms with Crippen LogP contribution in [0.1, 0.15) is 19.4 Å². The molecule has 0 spiro atoms. The summed E-state index contributed by atoms with van der Waals surface area (Å²) >= 11 is 1.57. The Kier molecular flexibility index (Phi) is 2.41. The van der Waals surface area contributed by atoms with Crippen LogP contribution in [-0.2, 0) is 5.41 Å². The van der Waals surface area contributed by atoms with Gasteiger partial charge in [0.1, 0.15) is 10.7 Å². The van der Waals surface area contributed by atoms with Crippen molar-refractivity contribution in [2.45, 2.75) is 29.4 Å². The predicted octanol–water partition coefficient (Wildman–Crippen LogP) is 2.97. The lowest BCUT2D eigenvalue weighted by atomic mass is 9.76. The van der Waals surface area contributed by atoms with E-state index in [1.807, 2.05) is 24.3 Å². The summed E-state index contributed by atoms with van der Waals surface area (Å²) in [5.74, 6) is 0.287. The summed E-state index contributed by atoms with van der Waals surface area (Å²) in [7, 11) is 0. The van der Waals surface area contributed by atoms with Gasteiger partial charge in [0.2, 0.25) is 0 Å². The van der Waals surface area contributed by atoms with Crippen LogP contribution in [0.4, 0.5) is 0 Å². The Morgan fingerprint density at radius 2 is 1.89 bits per heavy atom. The summed E-state index contributed by atoms with van der Waals surface area (Å²) in [5.41, 5.74) is 2.26. The Morgan fingerprint density at radius 3 is 2.50 bits per heavy atom. The van der Waals surface area contributed by atoms with Crippen molar-refractivity contribution in [3.05, 3.63) is 53.6 Å². The van der Waals surface area contributed by atoms with E-state index in [1.165, 1.54) is 5.57 Å². The van der Waals surface area contributed by atoms with Crippen LogP contribution in [0.25, 0.3) is 0 Å². The van der Waals surface area contributed by atoms with Crippen molar-refractivity contribution in [3.63, 3.8) is 0 Å². The molecule has 2 N–H and O–H groups in total. The zero-order valence-corrected chi connectivity index (χ0v) is 11.2. The van der Waals surface area contributed by atoms with E-state index in [-0.39, 0.29) is 16.4 Å². The molecule has 94 valence electrons. The lowest BCUT2D eigenvalue weighted by molar-refractivity contribution is 0.227. The van der Waals surface area contributed by atoms with Gasteiger partial charge in [-0.3, -0.25) is 0 Å². The summed E-state index contributed by atoms with van der Waals surface area (Å²) in [6.45, 7) is 4.32. The van der Waals surface area contributed by atoms with Crippen molar-refractivity contribution in [3.8, 4) is 5.75 Å². The number of rotatable bonds is 2. The van der Waals surface area contributed by atoms with E-state index in [0.717, 1.165) is 5.56 Å². The average molecular weight is 260 g/mol. The van der Waals surface area contributed by atoms with Crippen LogP contribution < -0.4 is 0 Å². The lowest BCUT2D eigenvalue weighted by Gasteiger charge is -2.28. The maximum Gasteiger partial charge on any atom is 0.145 e. The van der Waals surface area contributed by atoms with E-state index in [0.29, 0.717) is 0 Å². The Hall–Kier alpha value is -1.19. The van der Waals surface area contributed by atoms with E-state index >= 15 is 0 Å². The van der Waals surface area contributed by atoms with Gasteiger partial charge in [-0.05, 0) is 29.3 Å². The van der Waals surface area contributed by atoms with Gasteiger partial charge in [0.05, 0.1) is 5.25 Å². The van der Waals surface area contributed by atoms with Gasteiger partial charge in [0.25, 0.3) is 0 Å². The molecule has 1 aliphatic carbocycles. The zero-order valence-electron chi connectivity index (χ0n) is 10.4. The maximum atomic E-state index is 9.94. The molecule has 1 aromatic carbocycles. The second kappa shape index (κ2) is 3.65. The molecule has 1 aromatic rings. The standard InChI is InChI=1S/C15H16O2S/c1-14(2,10-3-5-12(16)6-4-10)11-7-8-15(17)13(9-11)18-15/h3-9,13,16-17H,1-2H3. The average Bonchev–Trinajstić information content (AvgIpc) is 3.00. The third kappa shape index (κ3) is 1.78. The molecule has 2 nitrogen and oxygen atoms in total. The first-order valence-electron chi connectivity index (χ1n) is 6.03. The number of hydrogen-bond acceptors (Lipinski definition) is 3. The molecule has 0 amide bonds. The molecular weight excluding hydrogens is 244 g/mol. The van der Waals surface area contributed by atoms with Gasteiger partial charge in [0.15, 0.2) is 0 Å². The van der Waals surface area contributed by atoms with Gasteiger partial charge in [-0.15, -0.1) is 11.8 Å². The fourth-order valence-electron chi connectivity index (χ4n) is 2.35. The highest BCUT2D eigenvalue weighted by molar-refractivity contribution is 8.08. The Morgan fingerprint density at radius 1 is 1.22 bits per heavy atom. The predicted molar refractivity (Wildman–Crippen MR) is 74.7 cm³/mol. The molecule has 0 radical (unpaired) electrons. The van der Waals surface area contributed by atoms with Gasteiger partial charge in [-0.25, -0.2) is 0 Å². The molecular formula is C15H16O2S. The largest absolute Gasteiger partial charge is 0.508 e. The summed E-state index contributed by atoms with van der Waals surface area (Å²) in [4.78, 5) is -0.644. The number of hydrogen-bond donors (Lipinski definition) is 2. The second-order valence-electron chi connectivity index (χ2n) is 5.42. The maximum absolute atomic E-state index is 9.94. The molecule has 2 aliphatic rings. The van der Waals surface area contributed by atoms with E-state index in [2.05, 4.69) is 19.9 Å². The summed E-state index contributed by atoms with van der Waals surface area (Å²) in [6, 6.07) is 7.33. The summed E-state index contributed by atoms with van der Waals surface area (Å²) < 4.78 is 0. The number of benzene rings is 1. The number of thioether (sulfide) groups is 1. The van der Waals surface area contributed by atoms with Gasteiger partial charge >= 0.3 is 0 Å². The Bertz CT molecular complexity index is 542. The van der Waals surface area contributed by atoms with Gasteiger partial charge < -0.3 is 10.2 Å².